The second-order valence-corrected chi connectivity index (χ2v) is 9.94. The van der Waals surface area contributed by atoms with E-state index in [9.17, 15) is 8.78 Å². The minimum Gasteiger partial charge on any atom is -0.382 e. The molecule has 1 saturated heterocycles. The first kappa shape index (κ1) is 26.7. The Hall–Kier alpha value is -1.33. The average molecular weight is 441 g/mol. The number of ether oxygens (including phenoxy) is 1. The van der Waals surface area contributed by atoms with E-state index in [4.69, 9.17) is 0 Å². The summed E-state index contributed by atoms with van der Waals surface area (Å²) in [4.78, 5) is 0. The maximum atomic E-state index is 13.1. The zero-order chi connectivity index (χ0) is 22.2. The van der Waals surface area contributed by atoms with E-state index in [0.29, 0.717) is 17.4 Å². The highest BCUT2D eigenvalue weighted by Crippen LogP contribution is 2.22. The molecule has 2 nitrogen and oxygen atoms in total. The Bertz CT molecular complexity index is 600. The minimum absolute atomic E-state index is 0.0236. The van der Waals surface area contributed by atoms with E-state index in [-0.39, 0.29) is 12.3 Å². The molecule has 1 fully saturated rings. The van der Waals surface area contributed by atoms with Gasteiger partial charge in [0.2, 0.25) is 0 Å². The van der Waals surface area contributed by atoms with E-state index in [1.165, 1.54) is 61.0 Å². The lowest BCUT2D eigenvalue weighted by Crippen LogP contribution is -2.32. The summed E-state index contributed by atoms with van der Waals surface area (Å²) in [5.41, 5.74) is 2.31. The Labute approximate surface area is 185 Å². The second-order valence-electron chi connectivity index (χ2n) is 7.61. The van der Waals surface area contributed by atoms with E-state index < -0.39 is 6.11 Å². The number of hydrogen-bond donors (Lipinski definition) is 1. The molecule has 0 aliphatic carbocycles. The van der Waals surface area contributed by atoms with Gasteiger partial charge in [-0.25, -0.2) is 0 Å². The Kier molecular flexibility index (Phi) is 13.8. The van der Waals surface area contributed by atoms with Crippen molar-refractivity contribution in [2.75, 3.05) is 30.4 Å². The Morgan fingerprint density at radius 3 is 2.27 bits per heavy atom. The van der Waals surface area contributed by atoms with Crippen LogP contribution in [0.1, 0.15) is 64.4 Å². The van der Waals surface area contributed by atoms with Crippen LogP contribution in [0.5, 0.6) is 0 Å². The third kappa shape index (κ3) is 11.2. The number of nitrogens with one attached hydrogen (secondary N) is 1. The van der Waals surface area contributed by atoms with Crippen LogP contribution in [0.4, 0.5) is 8.78 Å². The molecular formula is C25H40F2NOS+. The van der Waals surface area contributed by atoms with Gasteiger partial charge in [-0.05, 0) is 42.6 Å². The summed E-state index contributed by atoms with van der Waals surface area (Å²) in [7, 11) is 0.643. The van der Waals surface area contributed by atoms with Crippen LogP contribution < -0.4 is 5.32 Å². The van der Waals surface area contributed by atoms with Crippen LogP contribution in [0.15, 0.2) is 49.2 Å². The summed E-state index contributed by atoms with van der Waals surface area (Å²) in [5, 5.41) is 2.62. The molecule has 0 atom stereocenters. The lowest BCUT2D eigenvalue weighted by atomic mass is 10.1. The summed E-state index contributed by atoms with van der Waals surface area (Å²) in [6, 6.07) is 10.6. The van der Waals surface area contributed by atoms with Crippen LogP contribution in [0.2, 0.25) is 0 Å². The highest BCUT2D eigenvalue weighted by Gasteiger charge is 2.33. The third-order valence-electron chi connectivity index (χ3n) is 4.97. The van der Waals surface area contributed by atoms with Crippen molar-refractivity contribution >= 4 is 16.5 Å². The van der Waals surface area contributed by atoms with Crippen molar-refractivity contribution in [2.45, 2.75) is 64.9 Å². The molecule has 0 aromatic heterocycles. The molecule has 0 amide bonds. The van der Waals surface area contributed by atoms with Crippen LogP contribution in [0, 0.1) is 0 Å². The number of hydrogen-bond acceptors (Lipinski definition) is 2. The largest absolute Gasteiger partial charge is 0.397 e. The second kappa shape index (κ2) is 15.5. The van der Waals surface area contributed by atoms with Gasteiger partial charge in [-0.15, -0.1) is 0 Å². The van der Waals surface area contributed by atoms with Gasteiger partial charge in [0.05, 0.1) is 6.61 Å². The molecule has 170 valence electrons. The molecule has 2 rings (SSSR count). The predicted octanol–water partition coefficient (Wildman–Crippen LogP) is 6.80. The number of alkyl halides is 2. The maximum Gasteiger partial charge on any atom is 0.397 e. The van der Waals surface area contributed by atoms with Crippen LogP contribution in [-0.4, -0.2) is 36.5 Å². The quantitative estimate of drug-likeness (QED) is 0.269. The zero-order valence-electron chi connectivity index (χ0n) is 18.9. The number of halogens is 2. The molecular weight excluding hydrogens is 400 g/mol. The first-order valence-electron chi connectivity index (χ1n) is 11.2. The van der Waals surface area contributed by atoms with Crippen LogP contribution in [-0.2, 0) is 15.6 Å². The molecule has 0 spiro atoms. The summed E-state index contributed by atoms with van der Waals surface area (Å²) in [6.07, 6.45) is 5.12. The fourth-order valence-electron chi connectivity index (χ4n) is 3.20. The van der Waals surface area contributed by atoms with Crippen molar-refractivity contribution in [2.24, 2.45) is 0 Å². The average Bonchev–Trinajstić information content (AvgIpc) is 3.24. The fraction of sp³-hybridized carbons (Fsp3) is 0.600. The molecule has 0 unspecified atom stereocenters. The number of benzene rings is 1. The molecule has 5 heteroatoms. The van der Waals surface area contributed by atoms with Crippen LogP contribution in [0.3, 0.4) is 0 Å². The molecule has 30 heavy (non-hydrogen) atoms. The van der Waals surface area contributed by atoms with Gasteiger partial charge in [-0.3, -0.25) is 0 Å². The number of unbranched alkanes of at least 4 members (excludes halogenated alkanes) is 4. The van der Waals surface area contributed by atoms with Crippen molar-refractivity contribution in [3.8, 4) is 0 Å². The van der Waals surface area contributed by atoms with Gasteiger partial charge < -0.3 is 10.1 Å². The standard InChI is InChI=1S/C13H17S.C12H23F2NO/c1-12(11-14-9-5-6-10-14)13-7-3-2-4-8-13;1-4-6-7-8-9-10-15-11(3)12(13,14)16-5-2/h2-4,7-8H,1,5-6,9-11H2;15H,3-10H2,1-2H3/q+1;. The Morgan fingerprint density at radius 2 is 1.67 bits per heavy atom. The van der Waals surface area contributed by atoms with E-state index in [1.54, 1.807) is 0 Å². The van der Waals surface area contributed by atoms with Gasteiger partial charge in [-0.1, -0.05) is 76.1 Å². The van der Waals surface area contributed by atoms with E-state index in [1.807, 2.05) is 0 Å². The SMILES string of the molecule is C=C(C[S+]1CCCC1)c1ccccc1.C=C(NCCCCCCC)C(F)(F)OCC. The van der Waals surface area contributed by atoms with Gasteiger partial charge in [0, 0.05) is 12.1 Å². The van der Waals surface area contributed by atoms with Gasteiger partial charge in [-0.2, -0.15) is 8.78 Å². The Balaban J connectivity index is 0.000000301. The van der Waals surface area contributed by atoms with Crippen molar-refractivity contribution in [1.29, 1.82) is 0 Å². The zero-order valence-corrected chi connectivity index (χ0v) is 19.7. The summed E-state index contributed by atoms with van der Waals surface area (Å²) < 4.78 is 30.4. The molecule has 1 heterocycles. The van der Waals surface area contributed by atoms with E-state index in [0.717, 1.165) is 19.3 Å². The van der Waals surface area contributed by atoms with Gasteiger partial charge in [0.1, 0.15) is 23.0 Å². The van der Waals surface area contributed by atoms with Crippen molar-refractivity contribution < 1.29 is 13.5 Å². The maximum absolute atomic E-state index is 13.1. The molecule has 1 N–H and O–H groups in total. The van der Waals surface area contributed by atoms with Crippen molar-refractivity contribution in [3.63, 3.8) is 0 Å². The highest BCUT2D eigenvalue weighted by molar-refractivity contribution is 7.97. The molecule has 0 saturated carbocycles. The first-order chi connectivity index (χ1) is 14.4. The van der Waals surface area contributed by atoms with Crippen LogP contribution in [0.25, 0.3) is 5.57 Å². The monoisotopic (exact) mass is 440 g/mol. The van der Waals surface area contributed by atoms with Crippen molar-refractivity contribution in [1.82, 2.24) is 5.32 Å². The summed E-state index contributed by atoms with van der Waals surface area (Å²) in [5.74, 6) is 4.10. The van der Waals surface area contributed by atoms with Crippen molar-refractivity contribution in [3.05, 3.63) is 54.8 Å². The van der Waals surface area contributed by atoms with Gasteiger partial charge >= 0.3 is 6.11 Å². The molecule has 1 aromatic rings. The number of rotatable bonds is 13. The van der Waals surface area contributed by atoms with Gasteiger partial charge in [0.15, 0.2) is 0 Å². The fourth-order valence-corrected chi connectivity index (χ4v) is 5.58. The Morgan fingerprint density at radius 1 is 1.03 bits per heavy atom. The smallest absolute Gasteiger partial charge is 0.382 e. The molecule has 0 radical (unpaired) electrons. The van der Waals surface area contributed by atoms with E-state index >= 15 is 0 Å². The predicted molar refractivity (Wildman–Crippen MR) is 129 cm³/mol. The normalized spacial score (nSPS) is 14.1. The molecule has 1 aromatic carbocycles. The summed E-state index contributed by atoms with van der Waals surface area (Å²) in [6.45, 7) is 11.7. The molecule has 1 aliphatic rings. The van der Waals surface area contributed by atoms with E-state index in [2.05, 4.69) is 60.5 Å². The summed E-state index contributed by atoms with van der Waals surface area (Å²) >= 11 is 0. The third-order valence-corrected chi connectivity index (χ3v) is 7.46. The van der Waals surface area contributed by atoms with Gasteiger partial charge in [0.25, 0.3) is 0 Å². The first-order valence-corrected chi connectivity index (χ1v) is 13.0. The lowest BCUT2D eigenvalue weighted by molar-refractivity contribution is -0.208. The molecule has 1 aliphatic heterocycles. The van der Waals surface area contributed by atoms with Crippen LogP contribution >= 0.6 is 0 Å². The minimum atomic E-state index is -3.25. The topological polar surface area (TPSA) is 21.3 Å². The molecule has 0 bridgehead atoms. The highest BCUT2D eigenvalue weighted by atomic mass is 32.2. The lowest BCUT2D eigenvalue weighted by Gasteiger charge is -2.19.